The molecule has 0 aliphatic heterocycles. The highest BCUT2D eigenvalue weighted by Crippen LogP contribution is 2.35. The van der Waals surface area contributed by atoms with Gasteiger partial charge in [0, 0.05) is 5.56 Å². The van der Waals surface area contributed by atoms with Crippen molar-refractivity contribution in [2.45, 2.75) is 12.1 Å². The van der Waals surface area contributed by atoms with Gasteiger partial charge in [0.05, 0.1) is 0 Å². The van der Waals surface area contributed by atoms with Gasteiger partial charge in [0.15, 0.2) is 5.92 Å². The maximum atomic E-state index is 13.0. The van der Waals surface area contributed by atoms with E-state index in [4.69, 9.17) is 5.11 Å². The van der Waals surface area contributed by atoms with Gasteiger partial charge in [-0.15, -0.1) is 0 Å². The minimum atomic E-state index is -5.01. The van der Waals surface area contributed by atoms with Crippen LogP contribution in [0, 0.1) is 5.82 Å². The Kier molecular flexibility index (Phi) is 2.97. The van der Waals surface area contributed by atoms with E-state index in [9.17, 15) is 22.4 Å². The van der Waals surface area contributed by atoms with Crippen LogP contribution in [0.5, 0.6) is 0 Å². The SMILES string of the molecule is O=C(O)C(c1ccccc1F)C(F)(F)F. The molecular formula is C9H6F4O2. The molecule has 0 amide bonds. The molecule has 1 aromatic rings. The van der Waals surface area contributed by atoms with Crippen molar-refractivity contribution in [2.24, 2.45) is 0 Å². The summed E-state index contributed by atoms with van der Waals surface area (Å²) in [4.78, 5) is 10.4. The Hall–Kier alpha value is -1.59. The zero-order valence-electron chi connectivity index (χ0n) is 7.25. The van der Waals surface area contributed by atoms with E-state index in [1.165, 1.54) is 6.07 Å². The Morgan fingerprint density at radius 1 is 1.27 bits per heavy atom. The van der Waals surface area contributed by atoms with Crippen molar-refractivity contribution in [3.8, 4) is 0 Å². The summed E-state index contributed by atoms with van der Waals surface area (Å²) in [5.41, 5.74) is -0.877. The maximum Gasteiger partial charge on any atom is 0.406 e. The molecule has 1 unspecified atom stereocenters. The lowest BCUT2D eigenvalue weighted by molar-refractivity contribution is -0.176. The Bertz CT molecular complexity index is 373. The molecule has 0 radical (unpaired) electrons. The second-order valence-electron chi connectivity index (χ2n) is 2.83. The lowest BCUT2D eigenvalue weighted by atomic mass is 9.98. The first-order valence-corrected chi connectivity index (χ1v) is 3.88. The topological polar surface area (TPSA) is 37.3 Å². The van der Waals surface area contributed by atoms with Crippen LogP contribution in [0.2, 0.25) is 0 Å². The van der Waals surface area contributed by atoms with Gasteiger partial charge < -0.3 is 5.11 Å². The molecular weight excluding hydrogens is 216 g/mol. The second kappa shape index (κ2) is 3.88. The van der Waals surface area contributed by atoms with Gasteiger partial charge in [-0.2, -0.15) is 13.2 Å². The van der Waals surface area contributed by atoms with Crippen LogP contribution in [-0.2, 0) is 4.79 Å². The molecule has 0 aliphatic rings. The number of hydrogen-bond acceptors (Lipinski definition) is 1. The molecule has 0 saturated carbocycles. The minimum absolute atomic E-state index is 0.789. The molecule has 6 heteroatoms. The van der Waals surface area contributed by atoms with Crippen molar-refractivity contribution < 1.29 is 27.5 Å². The molecule has 0 aromatic heterocycles. The van der Waals surface area contributed by atoms with Crippen LogP contribution in [0.15, 0.2) is 24.3 Å². The van der Waals surface area contributed by atoms with E-state index >= 15 is 0 Å². The number of carboxylic acid groups (broad SMARTS) is 1. The summed E-state index contributed by atoms with van der Waals surface area (Å²) in [7, 11) is 0. The Labute approximate surface area is 82.1 Å². The molecule has 82 valence electrons. The van der Waals surface area contributed by atoms with Crippen LogP contribution in [0.1, 0.15) is 11.5 Å². The van der Waals surface area contributed by atoms with Crippen LogP contribution in [-0.4, -0.2) is 17.3 Å². The van der Waals surface area contributed by atoms with Crippen molar-refractivity contribution in [2.75, 3.05) is 0 Å². The van der Waals surface area contributed by atoms with Gasteiger partial charge in [-0.25, -0.2) is 4.39 Å². The third kappa shape index (κ3) is 2.45. The fraction of sp³-hybridized carbons (Fsp3) is 0.222. The summed E-state index contributed by atoms with van der Waals surface area (Å²) >= 11 is 0. The van der Waals surface area contributed by atoms with Gasteiger partial charge in [-0.05, 0) is 6.07 Å². The summed E-state index contributed by atoms with van der Waals surface area (Å²) in [5, 5.41) is 8.40. The fourth-order valence-corrected chi connectivity index (χ4v) is 1.16. The Balaban J connectivity index is 3.23. The fourth-order valence-electron chi connectivity index (χ4n) is 1.16. The number of carbonyl (C=O) groups is 1. The zero-order valence-corrected chi connectivity index (χ0v) is 7.25. The average Bonchev–Trinajstić information content (AvgIpc) is 2.05. The van der Waals surface area contributed by atoms with Crippen molar-refractivity contribution in [1.82, 2.24) is 0 Å². The van der Waals surface area contributed by atoms with E-state index < -0.39 is 29.4 Å². The predicted molar refractivity (Wildman–Crippen MR) is 42.8 cm³/mol. The van der Waals surface area contributed by atoms with Crippen LogP contribution < -0.4 is 0 Å². The number of alkyl halides is 3. The minimum Gasteiger partial charge on any atom is -0.481 e. The highest BCUT2D eigenvalue weighted by Gasteiger charge is 2.47. The second-order valence-corrected chi connectivity index (χ2v) is 2.83. The molecule has 0 bridgehead atoms. The van der Waals surface area contributed by atoms with E-state index in [-0.39, 0.29) is 0 Å². The lowest BCUT2D eigenvalue weighted by Gasteiger charge is -2.16. The number of rotatable bonds is 2. The number of halogens is 4. The summed E-state index contributed by atoms with van der Waals surface area (Å²) in [6, 6.07) is 3.94. The third-order valence-corrected chi connectivity index (χ3v) is 1.79. The van der Waals surface area contributed by atoms with Crippen LogP contribution in [0.25, 0.3) is 0 Å². The molecule has 0 spiro atoms. The molecule has 1 aromatic carbocycles. The first-order valence-electron chi connectivity index (χ1n) is 3.88. The van der Waals surface area contributed by atoms with Crippen LogP contribution in [0.3, 0.4) is 0 Å². The standard InChI is InChI=1S/C9H6F4O2/c10-6-4-2-1-3-5(6)7(8(14)15)9(11,12)13/h1-4,7H,(H,14,15). The first kappa shape index (κ1) is 11.5. The molecule has 15 heavy (non-hydrogen) atoms. The van der Waals surface area contributed by atoms with Gasteiger partial charge in [0.1, 0.15) is 5.82 Å². The van der Waals surface area contributed by atoms with Gasteiger partial charge >= 0.3 is 12.1 Å². The van der Waals surface area contributed by atoms with Gasteiger partial charge in [-0.1, -0.05) is 18.2 Å². The molecule has 2 nitrogen and oxygen atoms in total. The first-order chi connectivity index (χ1) is 6.84. The molecule has 0 saturated heterocycles. The van der Waals surface area contributed by atoms with Gasteiger partial charge in [0.25, 0.3) is 0 Å². The average molecular weight is 222 g/mol. The number of hydrogen-bond donors (Lipinski definition) is 1. The maximum absolute atomic E-state index is 13.0. The number of aliphatic carboxylic acids is 1. The number of benzene rings is 1. The molecule has 0 heterocycles. The monoisotopic (exact) mass is 222 g/mol. The quantitative estimate of drug-likeness (QED) is 0.781. The van der Waals surface area contributed by atoms with Crippen molar-refractivity contribution in [1.29, 1.82) is 0 Å². The van der Waals surface area contributed by atoms with E-state index in [2.05, 4.69) is 0 Å². The summed E-state index contributed by atoms with van der Waals surface area (Å²) < 4.78 is 49.8. The Morgan fingerprint density at radius 3 is 2.20 bits per heavy atom. The smallest absolute Gasteiger partial charge is 0.406 e. The van der Waals surface area contributed by atoms with Gasteiger partial charge in [0.2, 0.25) is 0 Å². The third-order valence-electron chi connectivity index (χ3n) is 1.79. The Morgan fingerprint density at radius 2 is 1.80 bits per heavy atom. The number of carboxylic acids is 1. The van der Waals surface area contributed by atoms with E-state index in [0.29, 0.717) is 0 Å². The van der Waals surface area contributed by atoms with Crippen molar-refractivity contribution >= 4 is 5.97 Å². The lowest BCUT2D eigenvalue weighted by Crippen LogP contribution is -2.29. The van der Waals surface area contributed by atoms with E-state index in [0.717, 1.165) is 18.2 Å². The molecule has 0 aliphatic carbocycles. The summed E-state index contributed by atoms with van der Waals surface area (Å²) in [6.45, 7) is 0. The normalized spacial score (nSPS) is 13.6. The van der Waals surface area contributed by atoms with Gasteiger partial charge in [-0.3, -0.25) is 4.79 Å². The highest BCUT2D eigenvalue weighted by atomic mass is 19.4. The molecule has 1 N–H and O–H groups in total. The summed E-state index contributed by atoms with van der Waals surface area (Å²) in [5.74, 6) is -6.12. The molecule has 0 fully saturated rings. The van der Waals surface area contributed by atoms with E-state index in [1.54, 1.807) is 0 Å². The highest BCUT2D eigenvalue weighted by molar-refractivity contribution is 5.77. The van der Waals surface area contributed by atoms with Crippen LogP contribution in [0.4, 0.5) is 17.6 Å². The van der Waals surface area contributed by atoms with Crippen LogP contribution >= 0.6 is 0 Å². The predicted octanol–water partition coefficient (Wildman–Crippen LogP) is 2.56. The largest absolute Gasteiger partial charge is 0.481 e. The van der Waals surface area contributed by atoms with E-state index in [1.807, 2.05) is 0 Å². The zero-order chi connectivity index (χ0) is 11.6. The molecule has 1 atom stereocenters. The molecule has 1 rings (SSSR count). The summed E-state index contributed by atoms with van der Waals surface area (Å²) in [6.07, 6.45) is -5.01. The van der Waals surface area contributed by atoms with Crippen molar-refractivity contribution in [3.63, 3.8) is 0 Å². The van der Waals surface area contributed by atoms with Crippen molar-refractivity contribution in [3.05, 3.63) is 35.6 Å².